The fraction of sp³-hybridized carbons (Fsp3) is 0.375. The average molecular weight is 278 g/mol. The summed E-state index contributed by atoms with van der Waals surface area (Å²) in [6, 6.07) is 10.4. The van der Waals surface area contributed by atoms with Crippen molar-refractivity contribution < 1.29 is 4.42 Å². The van der Waals surface area contributed by atoms with Gasteiger partial charge in [-0.15, -0.1) is 0 Å². The molecule has 2 aromatic rings. The summed E-state index contributed by atoms with van der Waals surface area (Å²) in [6.45, 7) is 4.14. The molecule has 19 heavy (non-hydrogen) atoms. The van der Waals surface area contributed by atoms with E-state index < -0.39 is 0 Å². The summed E-state index contributed by atoms with van der Waals surface area (Å²) in [5, 5.41) is 4.12. The lowest BCUT2D eigenvalue weighted by Crippen LogP contribution is -2.18. The van der Waals surface area contributed by atoms with Gasteiger partial charge in [0.25, 0.3) is 0 Å². The molecule has 0 bridgehead atoms. The van der Waals surface area contributed by atoms with Crippen LogP contribution in [0.1, 0.15) is 35.6 Å². The van der Waals surface area contributed by atoms with Gasteiger partial charge in [0.1, 0.15) is 11.5 Å². The van der Waals surface area contributed by atoms with Gasteiger partial charge in [-0.05, 0) is 49.7 Å². The van der Waals surface area contributed by atoms with Gasteiger partial charge in [-0.2, -0.15) is 0 Å². The lowest BCUT2D eigenvalue weighted by Gasteiger charge is -2.15. The fourth-order valence-electron chi connectivity index (χ4n) is 2.15. The minimum absolute atomic E-state index is 0.153. The summed E-state index contributed by atoms with van der Waals surface area (Å²) in [4.78, 5) is 0. The molecule has 1 aromatic carbocycles. The number of nitrogens with one attached hydrogen (secondary N) is 1. The molecule has 0 aliphatic rings. The molecule has 0 spiro atoms. The molecule has 1 atom stereocenters. The molecule has 1 unspecified atom stereocenters. The maximum Gasteiger partial charge on any atom is 0.121 e. The highest BCUT2D eigenvalue weighted by Gasteiger charge is 2.15. The first kappa shape index (κ1) is 14.2. The number of likely N-dealkylation sites (N-methyl/N-ethyl adjacent to an activating group) is 1. The molecular weight excluding hydrogens is 258 g/mol. The van der Waals surface area contributed by atoms with Crippen molar-refractivity contribution in [2.45, 2.75) is 32.7 Å². The quantitative estimate of drug-likeness (QED) is 0.881. The van der Waals surface area contributed by atoms with Crippen LogP contribution in [0.25, 0.3) is 0 Å². The van der Waals surface area contributed by atoms with Crippen LogP contribution in [-0.4, -0.2) is 7.05 Å². The third kappa shape index (κ3) is 3.40. The van der Waals surface area contributed by atoms with Crippen molar-refractivity contribution in [2.24, 2.45) is 0 Å². The third-order valence-corrected chi connectivity index (χ3v) is 3.71. The Balaban J connectivity index is 2.18. The third-order valence-electron chi connectivity index (χ3n) is 3.36. The van der Waals surface area contributed by atoms with Crippen molar-refractivity contribution >= 4 is 11.6 Å². The highest BCUT2D eigenvalue weighted by Crippen LogP contribution is 2.25. The van der Waals surface area contributed by atoms with E-state index in [2.05, 4.69) is 24.4 Å². The summed E-state index contributed by atoms with van der Waals surface area (Å²) in [5.41, 5.74) is 2.32. The van der Waals surface area contributed by atoms with Crippen LogP contribution in [0.4, 0.5) is 0 Å². The highest BCUT2D eigenvalue weighted by atomic mass is 35.5. The molecule has 0 radical (unpaired) electrons. The summed E-state index contributed by atoms with van der Waals surface area (Å²) in [7, 11) is 1.95. The van der Waals surface area contributed by atoms with E-state index in [0.29, 0.717) is 0 Å². The minimum Gasteiger partial charge on any atom is -0.464 e. The van der Waals surface area contributed by atoms with Crippen molar-refractivity contribution in [3.63, 3.8) is 0 Å². The second-order valence-electron chi connectivity index (χ2n) is 4.80. The Labute approximate surface area is 119 Å². The Kier molecular flexibility index (Phi) is 4.67. The van der Waals surface area contributed by atoms with Crippen LogP contribution >= 0.6 is 11.6 Å². The number of rotatable bonds is 5. The van der Waals surface area contributed by atoms with Gasteiger partial charge in [0, 0.05) is 11.4 Å². The molecule has 0 saturated heterocycles. The van der Waals surface area contributed by atoms with Gasteiger partial charge in [0.05, 0.1) is 6.04 Å². The minimum atomic E-state index is 0.153. The molecule has 0 amide bonds. The van der Waals surface area contributed by atoms with Crippen LogP contribution in [0.15, 0.2) is 34.7 Å². The predicted molar refractivity (Wildman–Crippen MR) is 79.8 cm³/mol. The molecule has 1 aromatic heterocycles. The molecule has 1 heterocycles. The Morgan fingerprint density at radius 1 is 1.26 bits per heavy atom. The second kappa shape index (κ2) is 6.27. The molecular formula is C16H20ClNO. The number of hydrogen-bond acceptors (Lipinski definition) is 2. The lowest BCUT2D eigenvalue weighted by atomic mass is 10.0. The monoisotopic (exact) mass is 277 g/mol. The van der Waals surface area contributed by atoms with Crippen LogP contribution in [0.3, 0.4) is 0 Å². The zero-order valence-corrected chi connectivity index (χ0v) is 12.4. The maximum absolute atomic E-state index is 6.29. The molecule has 0 aliphatic heterocycles. The maximum atomic E-state index is 6.29. The van der Waals surface area contributed by atoms with Crippen molar-refractivity contribution in [1.29, 1.82) is 0 Å². The normalized spacial score (nSPS) is 12.6. The van der Waals surface area contributed by atoms with Crippen LogP contribution in [0.5, 0.6) is 0 Å². The van der Waals surface area contributed by atoms with E-state index in [1.165, 1.54) is 5.56 Å². The summed E-state index contributed by atoms with van der Waals surface area (Å²) < 4.78 is 5.82. The van der Waals surface area contributed by atoms with Crippen molar-refractivity contribution in [1.82, 2.24) is 5.32 Å². The topological polar surface area (TPSA) is 25.2 Å². The molecule has 0 saturated carbocycles. The zero-order chi connectivity index (χ0) is 13.8. The molecule has 0 aliphatic carbocycles. The summed E-state index contributed by atoms with van der Waals surface area (Å²) >= 11 is 6.29. The molecule has 2 rings (SSSR count). The van der Waals surface area contributed by atoms with Crippen LogP contribution in [-0.2, 0) is 12.8 Å². The zero-order valence-electron chi connectivity index (χ0n) is 11.7. The first-order valence-corrected chi connectivity index (χ1v) is 7.02. The Morgan fingerprint density at radius 3 is 2.63 bits per heavy atom. The number of hydrogen-bond donors (Lipinski definition) is 1. The largest absolute Gasteiger partial charge is 0.464 e. The van der Waals surface area contributed by atoms with Gasteiger partial charge in [-0.3, -0.25) is 0 Å². The Hall–Kier alpha value is -1.25. The van der Waals surface area contributed by atoms with Gasteiger partial charge in [-0.1, -0.05) is 30.7 Å². The smallest absolute Gasteiger partial charge is 0.121 e. The Morgan fingerprint density at radius 2 is 2.05 bits per heavy atom. The number of halogens is 1. The van der Waals surface area contributed by atoms with E-state index in [9.17, 15) is 0 Å². The molecule has 2 nitrogen and oxygen atoms in total. The fourth-order valence-corrected chi connectivity index (χ4v) is 2.47. The number of benzene rings is 1. The van der Waals surface area contributed by atoms with Crippen molar-refractivity contribution in [3.05, 3.63) is 58.0 Å². The van der Waals surface area contributed by atoms with Crippen LogP contribution in [0.2, 0.25) is 5.02 Å². The SMILES string of the molecule is CCc1ccc(C(Cc2ccc(C)cc2Cl)NC)o1. The highest BCUT2D eigenvalue weighted by molar-refractivity contribution is 6.31. The van der Waals surface area contributed by atoms with E-state index in [-0.39, 0.29) is 6.04 Å². The lowest BCUT2D eigenvalue weighted by molar-refractivity contribution is 0.407. The standard InChI is InChI=1S/C16H20ClNO/c1-4-13-7-8-16(19-13)15(18-3)10-12-6-5-11(2)9-14(12)17/h5-9,15,18H,4,10H2,1-3H3. The predicted octanol–water partition coefficient (Wildman–Crippen LogP) is 4.31. The van der Waals surface area contributed by atoms with Gasteiger partial charge < -0.3 is 9.73 Å². The first-order chi connectivity index (χ1) is 9.13. The van der Waals surface area contributed by atoms with Gasteiger partial charge in [0.2, 0.25) is 0 Å². The van der Waals surface area contributed by atoms with Crippen LogP contribution < -0.4 is 5.32 Å². The van der Waals surface area contributed by atoms with Crippen molar-refractivity contribution in [2.75, 3.05) is 7.05 Å². The molecule has 0 fully saturated rings. The van der Waals surface area contributed by atoms with Crippen LogP contribution in [0, 0.1) is 6.92 Å². The molecule has 1 N–H and O–H groups in total. The second-order valence-corrected chi connectivity index (χ2v) is 5.21. The average Bonchev–Trinajstić information content (AvgIpc) is 2.86. The number of aryl methyl sites for hydroxylation is 2. The summed E-state index contributed by atoms with van der Waals surface area (Å²) in [6.07, 6.45) is 1.74. The van der Waals surface area contributed by atoms with E-state index >= 15 is 0 Å². The van der Waals surface area contributed by atoms with Gasteiger partial charge in [0.15, 0.2) is 0 Å². The van der Waals surface area contributed by atoms with E-state index in [0.717, 1.165) is 34.9 Å². The first-order valence-electron chi connectivity index (χ1n) is 6.65. The molecule has 3 heteroatoms. The Bertz CT molecular complexity index is 547. The van der Waals surface area contributed by atoms with E-state index in [1.807, 2.05) is 32.2 Å². The van der Waals surface area contributed by atoms with Crippen molar-refractivity contribution in [3.8, 4) is 0 Å². The van der Waals surface area contributed by atoms with E-state index in [4.69, 9.17) is 16.0 Å². The molecule has 102 valence electrons. The van der Waals surface area contributed by atoms with Gasteiger partial charge >= 0.3 is 0 Å². The summed E-state index contributed by atoms with van der Waals surface area (Å²) in [5.74, 6) is 1.99. The van der Waals surface area contributed by atoms with E-state index in [1.54, 1.807) is 0 Å². The van der Waals surface area contributed by atoms with Gasteiger partial charge in [-0.25, -0.2) is 0 Å². The number of furan rings is 1.